The van der Waals surface area contributed by atoms with Gasteiger partial charge in [-0.1, -0.05) is 0 Å². The van der Waals surface area contributed by atoms with Gasteiger partial charge in [-0.15, -0.1) is 0 Å². The molecule has 0 radical (unpaired) electrons. The molecule has 17 heavy (non-hydrogen) atoms. The van der Waals surface area contributed by atoms with Gasteiger partial charge in [-0.2, -0.15) is 5.10 Å². The number of hydrogen-bond acceptors (Lipinski definition) is 4. The third-order valence-electron chi connectivity index (χ3n) is 2.34. The number of rotatable bonds is 8. The van der Waals surface area contributed by atoms with Gasteiger partial charge < -0.3 is 5.73 Å². The average Bonchev–Trinajstić information content (AvgIpc) is 2.64. The lowest BCUT2D eigenvalue weighted by Crippen LogP contribution is -2.28. The maximum absolute atomic E-state index is 11.5. The minimum Gasteiger partial charge on any atom is -0.330 e. The van der Waals surface area contributed by atoms with Crippen molar-refractivity contribution in [3.8, 4) is 0 Å². The van der Waals surface area contributed by atoms with Crippen LogP contribution < -0.4 is 10.5 Å². The van der Waals surface area contributed by atoms with Crippen LogP contribution in [0.5, 0.6) is 0 Å². The summed E-state index contributed by atoms with van der Waals surface area (Å²) in [4.78, 5) is 0. The topological polar surface area (TPSA) is 90.0 Å². The number of hydrogen-bond donors (Lipinski definition) is 2. The summed E-state index contributed by atoms with van der Waals surface area (Å²) >= 11 is 0. The monoisotopic (exact) mass is 260 g/mol. The van der Waals surface area contributed by atoms with Gasteiger partial charge in [0.1, 0.15) is 0 Å². The van der Waals surface area contributed by atoms with Gasteiger partial charge in [0.25, 0.3) is 0 Å². The highest BCUT2D eigenvalue weighted by atomic mass is 32.2. The van der Waals surface area contributed by atoms with Crippen LogP contribution >= 0.6 is 0 Å². The first-order valence-electron chi connectivity index (χ1n) is 5.69. The summed E-state index contributed by atoms with van der Waals surface area (Å²) in [5.74, 6) is 0.145. The van der Waals surface area contributed by atoms with Crippen LogP contribution in [0.3, 0.4) is 0 Å². The van der Waals surface area contributed by atoms with E-state index < -0.39 is 10.0 Å². The molecule has 0 aliphatic heterocycles. The quantitative estimate of drug-likeness (QED) is 0.624. The second-order valence-corrected chi connectivity index (χ2v) is 5.87. The summed E-state index contributed by atoms with van der Waals surface area (Å²) in [5.41, 5.74) is 6.20. The Labute approximate surface area is 102 Å². The second-order valence-electron chi connectivity index (χ2n) is 3.94. The Balaban J connectivity index is 2.25. The molecule has 0 saturated heterocycles. The van der Waals surface area contributed by atoms with Gasteiger partial charge in [-0.3, -0.25) is 4.68 Å². The molecule has 1 aromatic heterocycles. The molecule has 1 heterocycles. The highest BCUT2D eigenvalue weighted by Crippen LogP contribution is 1.96. The van der Waals surface area contributed by atoms with Crippen LogP contribution in [0.4, 0.5) is 0 Å². The van der Waals surface area contributed by atoms with Crippen LogP contribution in [-0.2, 0) is 23.5 Å². The van der Waals surface area contributed by atoms with E-state index in [1.54, 1.807) is 4.68 Å². The Hall–Kier alpha value is -0.920. The van der Waals surface area contributed by atoms with Crippen molar-refractivity contribution in [2.24, 2.45) is 12.8 Å². The minimum absolute atomic E-state index is 0.145. The lowest BCUT2D eigenvalue weighted by Gasteiger charge is -2.05. The lowest BCUT2D eigenvalue weighted by molar-refractivity contribution is 0.577. The maximum Gasteiger partial charge on any atom is 0.211 e. The SMILES string of the molecule is Cn1ccc(CCNS(=O)(=O)CCCCN)n1. The Kier molecular flexibility index (Phi) is 5.60. The zero-order chi connectivity index (χ0) is 12.7. The molecule has 7 heteroatoms. The summed E-state index contributed by atoms with van der Waals surface area (Å²) in [6.07, 6.45) is 3.79. The van der Waals surface area contributed by atoms with Crippen LogP contribution in [0.15, 0.2) is 12.3 Å². The van der Waals surface area contributed by atoms with E-state index in [1.807, 2.05) is 19.3 Å². The van der Waals surface area contributed by atoms with Crippen molar-refractivity contribution in [2.45, 2.75) is 19.3 Å². The minimum atomic E-state index is -3.16. The molecule has 0 saturated carbocycles. The van der Waals surface area contributed by atoms with Gasteiger partial charge in [0.05, 0.1) is 11.4 Å². The fourth-order valence-electron chi connectivity index (χ4n) is 1.44. The third kappa shape index (κ3) is 5.81. The smallest absolute Gasteiger partial charge is 0.211 e. The van der Waals surface area contributed by atoms with Crippen LogP contribution in [0.25, 0.3) is 0 Å². The van der Waals surface area contributed by atoms with E-state index >= 15 is 0 Å². The van der Waals surface area contributed by atoms with Crippen LogP contribution in [-0.4, -0.2) is 37.0 Å². The number of nitrogens with one attached hydrogen (secondary N) is 1. The van der Waals surface area contributed by atoms with Gasteiger partial charge in [0.2, 0.25) is 10.0 Å². The number of nitrogens with two attached hydrogens (primary N) is 1. The number of sulfonamides is 1. The number of aromatic nitrogens is 2. The van der Waals surface area contributed by atoms with E-state index in [0.29, 0.717) is 25.9 Å². The van der Waals surface area contributed by atoms with E-state index in [0.717, 1.165) is 12.1 Å². The van der Waals surface area contributed by atoms with Gasteiger partial charge in [0, 0.05) is 26.2 Å². The second kappa shape index (κ2) is 6.73. The molecule has 0 unspecified atom stereocenters. The largest absolute Gasteiger partial charge is 0.330 e. The van der Waals surface area contributed by atoms with Crippen molar-refractivity contribution in [2.75, 3.05) is 18.8 Å². The normalized spacial score (nSPS) is 11.9. The summed E-state index contributed by atoms with van der Waals surface area (Å²) in [5, 5.41) is 4.17. The van der Waals surface area contributed by atoms with Crippen molar-refractivity contribution in [1.82, 2.24) is 14.5 Å². The first-order valence-corrected chi connectivity index (χ1v) is 7.34. The van der Waals surface area contributed by atoms with Gasteiger partial charge >= 0.3 is 0 Å². The average molecular weight is 260 g/mol. The molecular formula is C10H20N4O2S. The molecule has 0 spiro atoms. The van der Waals surface area contributed by atoms with E-state index in [2.05, 4.69) is 9.82 Å². The predicted octanol–water partition coefficient (Wildman–Crippen LogP) is -0.379. The van der Waals surface area contributed by atoms with Gasteiger partial charge in [-0.25, -0.2) is 13.1 Å². The van der Waals surface area contributed by atoms with Crippen LogP contribution in [0.1, 0.15) is 18.5 Å². The molecule has 0 aliphatic rings. The molecule has 1 aromatic rings. The summed E-state index contributed by atoms with van der Waals surface area (Å²) < 4.78 is 27.3. The Morgan fingerprint density at radius 2 is 2.24 bits per heavy atom. The van der Waals surface area contributed by atoms with Crippen molar-refractivity contribution in [3.63, 3.8) is 0 Å². The summed E-state index contributed by atoms with van der Waals surface area (Å²) in [6, 6.07) is 1.88. The van der Waals surface area contributed by atoms with Crippen molar-refractivity contribution < 1.29 is 8.42 Å². The number of unbranched alkanes of at least 4 members (excludes halogenated alkanes) is 1. The molecule has 0 fully saturated rings. The molecule has 98 valence electrons. The molecule has 0 aromatic carbocycles. The zero-order valence-corrected chi connectivity index (χ0v) is 10.9. The van der Waals surface area contributed by atoms with Crippen molar-refractivity contribution in [1.29, 1.82) is 0 Å². The molecule has 3 N–H and O–H groups in total. The highest BCUT2D eigenvalue weighted by Gasteiger charge is 2.09. The standard InChI is InChI=1S/C10H20N4O2S/c1-14-8-5-10(13-14)4-7-12-17(15,16)9-3-2-6-11/h5,8,12H,2-4,6-7,9,11H2,1H3. The van der Waals surface area contributed by atoms with Gasteiger partial charge in [0.15, 0.2) is 0 Å². The lowest BCUT2D eigenvalue weighted by atomic mass is 10.3. The number of nitrogens with zero attached hydrogens (tertiary/aromatic N) is 2. The molecule has 0 aliphatic carbocycles. The molecule has 0 atom stereocenters. The van der Waals surface area contributed by atoms with Crippen molar-refractivity contribution >= 4 is 10.0 Å². The fourth-order valence-corrected chi connectivity index (χ4v) is 2.58. The fraction of sp³-hybridized carbons (Fsp3) is 0.700. The molecule has 6 nitrogen and oxygen atoms in total. The molecule has 1 rings (SSSR count). The van der Waals surface area contributed by atoms with Gasteiger partial charge in [-0.05, 0) is 25.5 Å². The predicted molar refractivity (Wildman–Crippen MR) is 67.0 cm³/mol. The van der Waals surface area contributed by atoms with Crippen LogP contribution in [0, 0.1) is 0 Å². The van der Waals surface area contributed by atoms with E-state index in [1.165, 1.54) is 0 Å². The maximum atomic E-state index is 11.5. The number of aryl methyl sites for hydroxylation is 1. The summed E-state index contributed by atoms with van der Waals surface area (Å²) in [6.45, 7) is 0.922. The molecular weight excluding hydrogens is 240 g/mol. The Morgan fingerprint density at radius 1 is 1.47 bits per heavy atom. The Bertz CT molecular complexity index is 427. The van der Waals surface area contributed by atoms with Crippen molar-refractivity contribution in [3.05, 3.63) is 18.0 Å². The van der Waals surface area contributed by atoms with E-state index in [4.69, 9.17) is 5.73 Å². The van der Waals surface area contributed by atoms with E-state index in [9.17, 15) is 8.42 Å². The highest BCUT2D eigenvalue weighted by molar-refractivity contribution is 7.89. The first kappa shape index (κ1) is 14.1. The summed E-state index contributed by atoms with van der Waals surface area (Å²) in [7, 11) is -1.32. The Morgan fingerprint density at radius 3 is 2.82 bits per heavy atom. The third-order valence-corrected chi connectivity index (χ3v) is 3.81. The molecule has 0 bridgehead atoms. The van der Waals surface area contributed by atoms with E-state index in [-0.39, 0.29) is 5.75 Å². The molecule has 0 amide bonds. The first-order chi connectivity index (χ1) is 8.03. The van der Waals surface area contributed by atoms with Crippen LogP contribution in [0.2, 0.25) is 0 Å². The zero-order valence-electron chi connectivity index (χ0n) is 10.1.